The van der Waals surface area contributed by atoms with E-state index in [4.69, 9.17) is 5.73 Å². The lowest BCUT2D eigenvalue weighted by Gasteiger charge is -2.59. The van der Waals surface area contributed by atoms with Crippen LogP contribution >= 0.6 is 0 Å². The van der Waals surface area contributed by atoms with Crippen molar-refractivity contribution < 1.29 is 32.3 Å². The standard InChI is InChI=1S/C28H40F3N5O4/c1-26(2)17-12-36(20(19(17)26)23(38)34-18(32)8-16-3-4-33-22(16)37)24(39)21(35-25(40)28(29,30)31)27-9-13-5-14(10-27)7-15(6-13)11-27/h13-21H,3-12,32H2,1-2H3,(H,33,37)(H,34,38)(H,35,40)/t13?,14?,15?,16-,17-,18-,19-,20-,21?,27?/m0/s1. The van der Waals surface area contributed by atoms with E-state index >= 15 is 0 Å². The molecule has 1 unspecified atom stereocenters. The molecule has 0 aromatic carbocycles. The van der Waals surface area contributed by atoms with Crippen LogP contribution in [0.4, 0.5) is 13.2 Å². The molecule has 6 atom stereocenters. The van der Waals surface area contributed by atoms with E-state index in [-0.39, 0.29) is 42.0 Å². The predicted octanol–water partition coefficient (Wildman–Crippen LogP) is 1.66. The number of hydrogen-bond acceptors (Lipinski definition) is 5. The Labute approximate surface area is 231 Å². The number of nitrogens with one attached hydrogen (secondary N) is 3. The molecule has 2 heterocycles. The first-order valence-corrected chi connectivity index (χ1v) is 14.7. The van der Waals surface area contributed by atoms with Gasteiger partial charge in [0.2, 0.25) is 17.7 Å². The average Bonchev–Trinajstić information content (AvgIpc) is 3.19. The summed E-state index contributed by atoms with van der Waals surface area (Å²) in [5.74, 6) is -2.66. The summed E-state index contributed by atoms with van der Waals surface area (Å²) in [7, 11) is 0. The van der Waals surface area contributed by atoms with E-state index in [1.165, 1.54) is 4.90 Å². The Morgan fingerprint density at radius 3 is 2.20 bits per heavy atom. The van der Waals surface area contributed by atoms with Gasteiger partial charge in [0.25, 0.3) is 0 Å². The summed E-state index contributed by atoms with van der Waals surface area (Å²) in [6, 6.07) is -2.23. The molecular formula is C28H40F3N5O4. The number of amides is 4. The van der Waals surface area contributed by atoms with E-state index in [1.54, 1.807) is 0 Å². The van der Waals surface area contributed by atoms with Crippen LogP contribution in [0.3, 0.4) is 0 Å². The molecule has 222 valence electrons. The van der Waals surface area contributed by atoms with Gasteiger partial charge in [-0.25, -0.2) is 0 Å². The first kappa shape index (κ1) is 27.8. The molecule has 4 bridgehead atoms. The van der Waals surface area contributed by atoms with Crippen LogP contribution in [0.5, 0.6) is 0 Å². The van der Waals surface area contributed by atoms with E-state index in [0.29, 0.717) is 50.0 Å². The molecule has 4 amide bonds. The van der Waals surface area contributed by atoms with Gasteiger partial charge in [0.05, 0.1) is 6.17 Å². The van der Waals surface area contributed by atoms with Gasteiger partial charge in [0.15, 0.2) is 0 Å². The third kappa shape index (κ3) is 4.58. The average molecular weight is 568 g/mol. The number of rotatable bonds is 7. The third-order valence-corrected chi connectivity index (χ3v) is 11.3. The largest absolute Gasteiger partial charge is 0.471 e. The number of halogens is 3. The second-order valence-corrected chi connectivity index (χ2v) is 14.2. The molecule has 0 aromatic rings. The number of nitrogens with two attached hydrogens (primary N) is 1. The molecule has 0 radical (unpaired) electrons. The van der Waals surface area contributed by atoms with Crippen molar-refractivity contribution in [3.8, 4) is 0 Å². The number of likely N-dealkylation sites (tertiary alicyclic amines) is 1. The highest BCUT2D eigenvalue weighted by Crippen LogP contribution is 2.66. The minimum absolute atomic E-state index is 0.0272. The van der Waals surface area contributed by atoms with E-state index < -0.39 is 47.6 Å². The summed E-state index contributed by atoms with van der Waals surface area (Å²) in [6.45, 7) is 4.85. The molecule has 5 saturated carbocycles. The first-order chi connectivity index (χ1) is 18.7. The van der Waals surface area contributed by atoms with Crippen LogP contribution in [0, 0.1) is 46.3 Å². The molecule has 2 saturated heterocycles. The minimum Gasteiger partial charge on any atom is -0.356 e. The van der Waals surface area contributed by atoms with Gasteiger partial charge in [-0.3, -0.25) is 19.2 Å². The van der Waals surface area contributed by atoms with Crippen LogP contribution in [0.2, 0.25) is 0 Å². The molecule has 0 spiro atoms. The Balaban J connectivity index is 1.25. The van der Waals surface area contributed by atoms with Gasteiger partial charge >= 0.3 is 12.1 Å². The fraction of sp³-hybridized carbons (Fsp3) is 0.857. The molecule has 12 heteroatoms. The number of carbonyl (C=O) groups is 4. The summed E-state index contributed by atoms with van der Waals surface area (Å²) in [4.78, 5) is 53.6. The van der Waals surface area contributed by atoms with Gasteiger partial charge in [-0.05, 0) is 86.4 Å². The SMILES string of the molecule is CC1(C)[C@@H]2[C@@H](C(=O)N[C@H](N)C[C@@H]3CCNC3=O)N(C(=O)C(NC(=O)C(F)(F)F)C34CC5CC(CC(C5)C3)C4)C[C@@H]21. The monoisotopic (exact) mass is 567 g/mol. The van der Waals surface area contributed by atoms with Crippen molar-refractivity contribution in [1.82, 2.24) is 20.9 Å². The molecule has 5 aliphatic carbocycles. The maximum Gasteiger partial charge on any atom is 0.471 e. The second kappa shape index (κ2) is 9.32. The maximum absolute atomic E-state index is 14.3. The van der Waals surface area contributed by atoms with E-state index in [9.17, 15) is 32.3 Å². The Morgan fingerprint density at radius 2 is 1.68 bits per heavy atom. The Bertz CT molecular complexity index is 1070. The molecule has 7 fully saturated rings. The Morgan fingerprint density at radius 1 is 1.07 bits per heavy atom. The number of alkyl halides is 3. The van der Waals surface area contributed by atoms with E-state index in [0.717, 1.165) is 19.3 Å². The predicted molar refractivity (Wildman–Crippen MR) is 137 cm³/mol. The van der Waals surface area contributed by atoms with Crippen LogP contribution in [-0.2, 0) is 19.2 Å². The highest BCUT2D eigenvalue weighted by atomic mass is 19.4. The zero-order chi connectivity index (χ0) is 28.8. The maximum atomic E-state index is 14.3. The van der Waals surface area contributed by atoms with Gasteiger partial charge in [-0.15, -0.1) is 0 Å². The Hall–Kier alpha value is -2.37. The smallest absolute Gasteiger partial charge is 0.356 e. The van der Waals surface area contributed by atoms with Crippen LogP contribution in [0.15, 0.2) is 0 Å². The van der Waals surface area contributed by atoms with Crippen molar-refractivity contribution in [3.63, 3.8) is 0 Å². The van der Waals surface area contributed by atoms with Gasteiger partial charge in [-0.2, -0.15) is 13.2 Å². The molecule has 2 aliphatic heterocycles. The van der Waals surface area contributed by atoms with Crippen LogP contribution in [0.25, 0.3) is 0 Å². The van der Waals surface area contributed by atoms with Gasteiger partial charge < -0.3 is 26.6 Å². The summed E-state index contributed by atoms with van der Waals surface area (Å²) in [6.07, 6.45) is -0.116. The number of carbonyl (C=O) groups excluding carboxylic acids is 4. The molecule has 5 N–H and O–H groups in total. The highest BCUT2D eigenvalue weighted by molar-refractivity contribution is 5.95. The van der Waals surface area contributed by atoms with Crippen molar-refractivity contribution in [1.29, 1.82) is 0 Å². The minimum atomic E-state index is -5.12. The van der Waals surface area contributed by atoms with Crippen LogP contribution < -0.4 is 21.7 Å². The van der Waals surface area contributed by atoms with Crippen molar-refractivity contribution in [2.45, 2.75) is 89.6 Å². The summed E-state index contributed by atoms with van der Waals surface area (Å²) in [5, 5.41) is 7.67. The lowest BCUT2D eigenvalue weighted by molar-refractivity contribution is -0.179. The quantitative estimate of drug-likeness (QED) is 0.348. The summed E-state index contributed by atoms with van der Waals surface area (Å²) < 4.78 is 40.5. The first-order valence-electron chi connectivity index (χ1n) is 14.7. The second-order valence-electron chi connectivity index (χ2n) is 14.2. The fourth-order valence-electron chi connectivity index (χ4n) is 9.70. The number of nitrogens with zero attached hydrogens (tertiary/aromatic N) is 1. The summed E-state index contributed by atoms with van der Waals surface area (Å²) >= 11 is 0. The number of fused-ring (bicyclic) bond motifs is 1. The lowest BCUT2D eigenvalue weighted by Crippen LogP contribution is -2.65. The molecule has 7 aliphatic rings. The van der Waals surface area contributed by atoms with E-state index in [2.05, 4.69) is 16.0 Å². The van der Waals surface area contributed by atoms with Gasteiger partial charge in [0.1, 0.15) is 12.1 Å². The van der Waals surface area contributed by atoms with Crippen molar-refractivity contribution in [3.05, 3.63) is 0 Å². The van der Waals surface area contributed by atoms with Crippen molar-refractivity contribution >= 4 is 23.6 Å². The Kier molecular flexibility index (Phi) is 6.47. The molecule has 0 aromatic heterocycles. The molecule has 7 rings (SSSR count). The molecule has 40 heavy (non-hydrogen) atoms. The lowest BCUT2D eigenvalue weighted by atomic mass is 9.47. The molecular weight excluding hydrogens is 527 g/mol. The van der Waals surface area contributed by atoms with Crippen LogP contribution in [0.1, 0.15) is 65.2 Å². The van der Waals surface area contributed by atoms with Crippen molar-refractivity contribution in [2.75, 3.05) is 13.1 Å². The van der Waals surface area contributed by atoms with E-state index in [1.807, 2.05) is 13.8 Å². The zero-order valence-corrected chi connectivity index (χ0v) is 23.1. The zero-order valence-electron chi connectivity index (χ0n) is 23.1. The van der Waals surface area contributed by atoms with Crippen LogP contribution in [-0.4, -0.2) is 66.0 Å². The number of piperidine rings is 1. The van der Waals surface area contributed by atoms with Gasteiger partial charge in [0, 0.05) is 24.4 Å². The fourth-order valence-corrected chi connectivity index (χ4v) is 9.70. The number of hydrogen-bond donors (Lipinski definition) is 4. The summed E-state index contributed by atoms with van der Waals surface area (Å²) in [5.41, 5.74) is 5.27. The van der Waals surface area contributed by atoms with Gasteiger partial charge in [-0.1, -0.05) is 13.8 Å². The molecule has 9 nitrogen and oxygen atoms in total. The topological polar surface area (TPSA) is 134 Å². The third-order valence-electron chi connectivity index (χ3n) is 11.3. The highest BCUT2D eigenvalue weighted by Gasteiger charge is 2.70. The van der Waals surface area contributed by atoms with Crippen molar-refractivity contribution in [2.24, 2.45) is 52.1 Å². The normalized spacial score (nSPS) is 40.3.